The molecule has 3 rings (SSSR count). The lowest BCUT2D eigenvalue weighted by Gasteiger charge is -2.17. The summed E-state index contributed by atoms with van der Waals surface area (Å²) in [6.07, 6.45) is 1.92. The second-order valence-electron chi connectivity index (χ2n) is 7.32. The number of esters is 1. The highest BCUT2D eigenvalue weighted by Gasteiger charge is 2.23. The van der Waals surface area contributed by atoms with Crippen LogP contribution in [0.5, 0.6) is 0 Å². The first-order chi connectivity index (χ1) is 14.0. The maximum atomic E-state index is 12.5. The number of rotatable bonds is 7. The van der Waals surface area contributed by atoms with Crippen molar-refractivity contribution >= 4 is 23.5 Å². The predicted molar refractivity (Wildman–Crippen MR) is 111 cm³/mol. The van der Waals surface area contributed by atoms with Crippen molar-refractivity contribution in [3.63, 3.8) is 0 Å². The number of methoxy groups -OCH3 is 1. The third-order valence-corrected chi connectivity index (χ3v) is 5.16. The Balaban J connectivity index is 1.61. The molecule has 2 aromatic rings. The first-order valence-corrected chi connectivity index (χ1v) is 9.80. The van der Waals surface area contributed by atoms with Gasteiger partial charge in [0.25, 0.3) is 5.91 Å². The van der Waals surface area contributed by atoms with Crippen molar-refractivity contribution in [1.29, 1.82) is 0 Å². The molecule has 0 radical (unpaired) electrons. The molecule has 6 nitrogen and oxygen atoms in total. The first-order valence-electron chi connectivity index (χ1n) is 9.80. The van der Waals surface area contributed by atoms with E-state index in [-0.39, 0.29) is 24.3 Å². The van der Waals surface area contributed by atoms with Crippen molar-refractivity contribution in [2.24, 2.45) is 5.92 Å². The van der Waals surface area contributed by atoms with Crippen molar-refractivity contribution in [2.75, 3.05) is 25.1 Å². The van der Waals surface area contributed by atoms with Crippen molar-refractivity contribution in [2.45, 2.75) is 26.2 Å². The second-order valence-corrected chi connectivity index (χ2v) is 7.32. The number of carbonyl (C=O) groups excluding carboxylic acids is 3. The molecule has 6 heteroatoms. The lowest BCUT2D eigenvalue weighted by Crippen LogP contribution is -2.34. The fraction of sp³-hybridized carbons (Fsp3) is 0.348. The van der Waals surface area contributed by atoms with E-state index < -0.39 is 5.92 Å². The molecule has 1 atom stereocenters. The molecule has 0 spiro atoms. The van der Waals surface area contributed by atoms with Crippen LogP contribution in [-0.4, -0.2) is 38.0 Å². The number of carbonyl (C=O) groups is 3. The molecule has 29 heavy (non-hydrogen) atoms. The molecule has 0 bridgehead atoms. The summed E-state index contributed by atoms with van der Waals surface area (Å²) in [5.41, 5.74) is 3.45. The van der Waals surface area contributed by atoms with Crippen LogP contribution in [-0.2, 0) is 20.7 Å². The van der Waals surface area contributed by atoms with Gasteiger partial charge in [0, 0.05) is 30.8 Å². The van der Waals surface area contributed by atoms with Gasteiger partial charge in [-0.1, -0.05) is 29.8 Å². The molecule has 2 aromatic carbocycles. The van der Waals surface area contributed by atoms with Crippen LogP contribution in [0.2, 0.25) is 0 Å². The molecule has 1 unspecified atom stereocenters. The van der Waals surface area contributed by atoms with Crippen molar-refractivity contribution in [1.82, 2.24) is 5.32 Å². The van der Waals surface area contributed by atoms with E-state index in [1.54, 1.807) is 29.2 Å². The van der Waals surface area contributed by atoms with Gasteiger partial charge in [0.15, 0.2) is 0 Å². The number of aryl methyl sites for hydroxylation is 1. The Morgan fingerprint density at radius 3 is 2.38 bits per heavy atom. The highest BCUT2D eigenvalue weighted by molar-refractivity contribution is 5.97. The minimum Gasteiger partial charge on any atom is -0.469 e. The fourth-order valence-corrected chi connectivity index (χ4v) is 3.45. The molecule has 0 aliphatic carbocycles. The van der Waals surface area contributed by atoms with Crippen molar-refractivity contribution < 1.29 is 19.1 Å². The summed E-state index contributed by atoms with van der Waals surface area (Å²) in [5, 5.41) is 2.82. The fourth-order valence-electron chi connectivity index (χ4n) is 3.45. The van der Waals surface area contributed by atoms with Crippen LogP contribution in [0, 0.1) is 12.8 Å². The zero-order valence-electron chi connectivity index (χ0n) is 16.8. The van der Waals surface area contributed by atoms with Crippen LogP contribution in [0.1, 0.15) is 34.3 Å². The monoisotopic (exact) mass is 394 g/mol. The van der Waals surface area contributed by atoms with Crippen LogP contribution < -0.4 is 10.2 Å². The summed E-state index contributed by atoms with van der Waals surface area (Å²) in [7, 11) is 1.35. The van der Waals surface area contributed by atoms with E-state index in [2.05, 4.69) is 5.32 Å². The molecule has 0 saturated carbocycles. The Labute approximate surface area is 170 Å². The molecule has 152 valence electrons. The second kappa shape index (κ2) is 9.37. The number of nitrogens with zero attached hydrogens (tertiary/aromatic N) is 1. The minimum absolute atomic E-state index is 0.110. The zero-order chi connectivity index (χ0) is 20.8. The highest BCUT2D eigenvalue weighted by atomic mass is 16.5. The number of hydrogen-bond acceptors (Lipinski definition) is 4. The molecular weight excluding hydrogens is 368 g/mol. The summed E-state index contributed by atoms with van der Waals surface area (Å²) in [6.45, 7) is 2.91. The molecule has 1 aliphatic rings. The Morgan fingerprint density at radius 1 is 1.10 bits per heavy atom. The number of ether oxygens (including phenoxy) is 1. The van der Waals surface area contributed by atoms with Crippen LogP contribution >= 0.6 is 0 Å². The van der Waals surface area contributed by atoms with E-state index >= 15 is 0 Å². The van der Waals surface area contributed by atoms with Crippen LogP contribution in [0.25, 0.3) is 0 Å². The van der Waals surface area contributed by atoms with E-state index in [9.17, 15) is 14.4 Å². The van der Waals surface area contributed by atoms with Gasteiger partial charge in [-0.25, -0.2) is 0 Å². The van der Waals surface area contributed by atoms with E-state index in [1.165, 1.54) is 7.11 Å². The molecule has 1 aliphatic heterocycles. The molecule has 1 N–H and O–H groups in total. The Morgan fingerprint density at radius 2 is 1.79 bits per heavy atom. The standard InChI is InChI=1S/C23H26N2O4/c1-16-5-7-17(8-6-16)14-19(23(28)29-2)15-24-22(27)18-9-11-20(12-10-18)25-13-3-4-21(25)26/h5-12,19H,3-4,13-15H2,1-2H3,(H,24,27). The summed E-state index contributed by atoms with van der Waals surface area (Å²) in [5.74, 6) is -0.969. The zero-order valence-corrected chi connectivity index (χ0v) is 16.8. The van der Waals surface area contributed by atoms with Crippen molar-refractivity contribution in [3.8, 4) is 0 Å². The summed E-state index contributed by atoms with van der Waals surface area (Å²) in [4.78, 5) is 38.2. The number of nitrogens with one attached hydrogen (secondary N) is 1. The average molecular weight is 394 g/mol. The van der Waals surface area contributed by atoms with Crippen LogP contribution in [0.15, 0.2) is 48.5 Å². The number of amides is 2. The van der Waals surface area contributed by atoms with Gasteiger partial charge in [-0.3, -0.25) is 14.4 Å². The number of benzene rings is 2. The van der Waals surface area contributed by atoms with E-state index in [4.69, 9.17) is 4.74 Å². The average Bonchev–Trinajstić information content (AvgIpc) is 3.17. The molecule has 1 fully saturated rings. The molecule has 1 saturated heterocycles. The Bertz CT molecular complexity index is 875. The third kappa shape index (κ3) is 5.22. The molecular formula is C23H26N2O4. The summed E-state index contributed by atoms with van der Waals surface area (Å²) < 4.78 is 4.90. The first kappa shape index (κ1) is 20.6. The van der Waals surface area contributed by atoms with Crippen LogP contribution in [0.3, 0.4) is 0 Å². The molecule has 1 heterocycles. The number of anilines is 1. The summed E-state index contributed by atoms with van der Waals surface area (Å²) >= 11 is 0. The van der Waals surface area contributed by atoms with Gasteiger partial charge in [-0.2, -0.15) is 0 Å². The van der Waals surface area contributed by atoms with Gasteiger partial charge >= 0.3 is 5.97 Å². The quantitative estimate of drug-likeness (QED) is 0.733. The lowest BCUT2D eigenvalue weighted by atomic mass is 9.98. The normalized spacial score (nSPS) is 14.6. The highest BCUT2D eigenvalue weighted by Crippen LogP contribution is 2.21. The van der Waals surface area contributed by atoms with E-state index in [1.807, 2.05) is 31.2 Å². The lowest BCUT2D eigenvalue weighted by molar-refractivity contribution is -0.145. The largest absolute Gasteiger partial charge is 0.469 e. The Hall–Kier alpha value is -3.15. The van der Waals surface area contributed by atoms with Gasteiger partial charge in [-0.05, 0) is 49.6 Å². The maximum Gasteiger partial charge on any atom is 0.310 e. The van der Waals surface area contributed by atoms with E-state index in [0.29, 0.717) is 24.9 Å². The van der Waals surface area contributed by atoms with E-state index in [0.717, 1.165) is 23.2 Å². The molecule has 0 aromatic heterocycles. The van der Waals surface area contributed by atoms with Gasteiger partial charge in [0.1, 0.15) is 0 Å². The van der Waals surface area contributed by atoms with Gasteiger partial charge in [-0.15, -0.1) is 0 Å². The topological polar surface area (TPSA) is 75.7 Å². The van der Waals surface area contributed by atoms with Gasteiger partial charge in [0.2, 0.25) is 5.91 Å². The van der Waals surface area contributed by atoms with Gasteiger partial charge < -0.3 is 15.0 Å². The number of hydrogen-bond donors (Lipinski definition) is 1. The summed E-state index contributed by atoms with van der Waals surface area (Å²) in [6, 6.07) is 14.9. The van der Waals surface area contributed by atoms with Crippen molar-refractivity contribution in [3.05, 3.63) is 65.2 Å². The molecule has 2 amide bonds. The SMILES string of the molecule is COC(=O)C(CNC(=O)c1ccc(N2CCCC2=O)cc1)Cc1ccc(C)cc1. The predicted octanol–water partition coefficient (Wildman–Crippen LogP) is 2.88. The smallest absolute Gasteiger partial charge is 0.310 e. The maximum absolute atomic E-state index is 12.5. The minimum atomic E-state index is -0.465. The van der Waals surface area contributed by atoms with Crippen LogP contribution in [0.4, 0.5) is 5.69 Å². The third-order valence-electron chi connectivity index (χ3n) is 5.16. The Kier molecular flexibility index (Phi) is 6.65. The van der Waals surface area contributed by atoms with Gasteiger partial charge in [0.05, 0.1) is 13.0 Å².